The van der Waals surface area contributed by atoms with Gasteiger partial charge in [-0.1, -0.05) is 71.4 Å². The van der Waals surface area contributed by atoms with Gasteiger partial charge in [-0.05, 0) is 44.1 Å². The van der Waals surface area contributed by atoms with E-state index in [-0.39, 0.29) is 81.8 Å². The molecule has 4 N–H and O–H groups in total. The molecule has 1 aromatic carbocycles. The minimum absolute atomic E-state index is 0.0218. The maximum atomic E-state index is 14.5. The smallest absolute Gasteiger partial charge is 0.326 e. The first-order valence-electron chi connectivity index (χ1n) is 27.5. The van der Waals surface area contributed by atoms with Crippen molar-refractivity contribution in [2.75, 3.05) is 114 Å². The summed E-state index contributed by atoms with van der Waals surface area (Å²) in [5, 5.41) is 18.3. The SMILES string of the molecule is CC[C@H](C)[C@@H]([C@@H](CC(=O)N1CCC[C@H]1[C@H](OC)[C@@H](C)C(=O)N[C@@H](Cc1ccccc1)C(=O)O)OC)N(C)C(=O)[C@@H](NC(=O)C(C)(C)NC(=O)CCOCCOCCOCCOCCOCCOCCN1C(=O)C=CC1=O)C(C)C. The monoisotopic (exact) mass is 1120 g/mol. The van der Waals surface area contributed by atoms with Gasteiger partial charge < -0.3 is 68.8 Å². The Balaban J connectivity index is 1.40. The molecule has 0 aliphatic carbocycles. The molecule has 23 heteroatoms. The van der Waals surface area contributed by atoms with Crippen molar-refractivity contribution in [3.05, 3.63) is 48.0 Å². The van der Waals surface area contributed by atoms with E-state index in [4.69, 9.17) is 37.9 Å². The Morgan fingerprint density at radius 2 is 1.29 bits per heavy atom. The van der Waals surface area contributed by atoms with Crippen LogP contribution in [0, 0.1) is 17.8 Å². The van der Waals surface area contributed by atoms with Crippen LogP contribution >= 0.6 is 0 Å². The van der Waals surface area contributed by atoms with Gasteiger partial charge in [0.05, 0.1) is 122 Å². The lowest BCUT2D eigenvalue weighted by Gasteiger charge is -2.41. The number of hydrogen-bond acceptors (Lipinski definition) is 16. The highest BCUT2D eigenvalue weighted by atomic mass is 16.6. The van der Waals surface area contributed by atoms with Crippen molar-refractivity contribution in [2.24, 2.45) is 17.8 Å². The molecule has 8 atom stereocenters. The number of carbonyl (C=O) groups is 8. The summed E-state index contributed by atoms with van der Waals surface area (Å²) in [6.07, 6.45) is 2.81. The van der Waals surface area contributed by atoms with Crippen molar-refractivity contribution < 1.29 is 81.4 Å². The Kier molecular flexibility index (Phi) is 31.0. The lowest BCUT2D eigenvalue weighted by atomic mass is 9.89. The van der Waals surface area contributed by atoms with E-state index in [1.807, 2.05) is 33.8 Å². The van der Waals surface area contributed by atoms with Gasteiger partial charge >= 0.3 is 5.97 Å². The summed E-state index contributed by atoms with van der Waals surface area (Å²) in [5.41, 5.74) is -0.641. The first kappa shape index (κ1) is 67.9. The van der Waals surface area contributed by atoms with Gasteiger partial charge in [-0.3, -0.25) is 38.5 Å². The van der Waals surface area contributed by atoms with Crippen LogP contribution in [0.1, 0.15) is 86.1 Å². The minimum Gasteiger partial charge on any atom is -0.480 e. The maximum absolute atomic E-state index is 14.5. The summed E-state index contributed by atoms with van der Waals surface area (Å²) in [6.45, 7) is 16.7. The van der Waals surface area contributed by atoms with Crippen LogP contribution in [0.5, 0.6) is 0 Å². The van der Waals surface area contributed by atoms with Crippen molar-refractivity contribution in [3.8, 4) is 0 Å². The van der Waals surface area contributed by atoms with Crippen LogP contribution in [-0.4, -0.2) is 223 Å². The number of imide groups is 1. The number of carboxylic acids is 1. The zero-order valence-corrected chi connectivity index (χ0v) is 48.2. The second-order valence-electron chi connectivity index (χ2n) is 20.6. The zero-order valence-electron chi connectivity index (χ0n) is 48.2. The van der Waals surface area contributed by atoms with Crippen LogP contribution in [0.4, 0.5) is 0 Å². The molecule has 23 nitrogen and oxygen atoms in total. The van der Waals surface area contributed by atoms with Crippen LogP contribution in [-0.2, 0) is 82.7 Å². The van der Waals surface area contributed by atoms with Gasteiger partial charge in [-0.2, -0.15) is 0 Å². The molecule has 3 rings (SSSR count). The second kappa shape index (κ2) is 36.1. The second-order valence-corrected chi connectivity index (χ2v) is 20.6. The third kappa shape index (κ3) is 22.9. The van der Waals surface area contributed by atoms with Gasteiger partial charge in [-0.15, -0.1) is 0 Å². The standard InChI is InChI=1S/C56H90N6O17/c1-11-39(4)50(44(72-9)37-48(66)61-22-15-18-43(61)51(73-10)40(5)52(67)57-42(54(69)70)36-41-16-13-12-14-17-41)60(8)53(68)49(38(2)3)58-55(71)56(6,7)59-45(63)21-24-74-26-28-76-30-32-78-34-35-79-33-31-77-29-27-75-25-23-62-46(64)19-20-47(62)65/h12-14,16-17,19-20,38-40,42-44,49-51H,11,15,18,21-37H2,1-10H3,(H,57,67)(H,58,71)(H,59,63)(H,69,70)/t39-,40+,42-,43-,44+,49-,50-,51+/m0/s1. The number of carboxylic acid groups (broad SMARTS) is 1. The molecule has 0 aromatic heterocycles. The van der Waals surface area contributed by atoms with Crippen molar-refractivity contribution in [3.63, 3.8) is 0 Å². The molecule has 446 valence electrons. The number of likely N-dealkylation sites (N-methyl/N-ethyl adjacent to an activating group) is 1. The topological polar surface area (TPSA) is 276 Å². The lowest BCUT2D eigenvalue weighted by molar-refractivity contribution is -0.148. The summed E-state index contributed by atoms with van der Waals surface area (Å²) in [5.74, 6) is -5.30. The molecule has 0 unspecified atom stereocenters. The van der Waals surface area contributed by atoms with Gasteiger partial charge in [0.2, 0.25) is 29.5 Å². The Bertz CT molecular complexity index is 2080. The van der Waals surface area contributed by atoms with E-state index in [1.54, 1.807) is 61.9 Å². The molecular formula is C56H90N6O17. The average molecular weight is 1120 g/mol. The molecule has 1 fully saturated rings. The number of hydrogen-bond donors (Lipinski definition) is 4. The number of ether oxygens (including phenoxy) is 8. The number of benzene rings is 1. The van der Waals surface area contributed by atoms with E-state index in [1.165, 1.54) is 26.4 Å². The first-order valence-corrected chi connectivity index (χ1v) is 27.5. The third-order valence-corrected chi connectivity index (χ3v) is 14.1. The molecule has 1 aromatic rings. The molecule has 0 bridgehead atoms. The highest BCUT2D eigenvalue weighted by Gasteiger charge is 2.44. The predicted molar refractivity (Wildman–Crippen MR) is 290 cm³/mol. The fraction of sp³-hybridized carbons (Fsp3) is 0.714. The number of aliphatic carboxylic acids is 1. The summed E-state index contributed by atoms with van der Waals surface area (Å²) in [7, 11) is 4.60. The van der Waals surface area contributed by atoms with Gasteiger partial charge in [0.15, 0.2) is 0 Å². The Hall–Kier alpha value is -5.40. The highest BCUT2D eigenvalue weighted by Crippen LogP contribution is 2.30. The molecule has 79 heavy (non-hydrogen) atoms. The maximum Gasteiger partial charge on any atom is 0.326 e. The number of amides is 7. The normalized spacial score (nSPS) is 17.3. The van der Waals surface area contributed by atoms with E-state index in [9.17, 15) is 43.5 Å². The van der Waals surface area contributed by atoms with Crippen LogP contribution in [0.25, 0.3) is 0 Å². The molecule has 2 heterocycles. The molecule has 0 radical (unpaired) electrons. The summed E-state index contributed by atoms with van der Waals surface area (Å²) in [4.78, 5) is 109. The number of rotatable bonds is 41. The average Bonchev–Trinajstić information content (AvgIpc) is 4.06. The van der Waals surface area contributed by atoms with Crippen molar-refractivity contribution in [2.45, 2.75) is 129 Å². The third-order valence-electron chi connectivity index (χ3n) is 14.1. The van der Waals surface area contributed by atoms with Gasteiger partial charge in [0, 0.05) is 52.8 Å². The molecule has 7 amide bonds. The van der Waals surface area contributed by atoms with Crippen molar-refractivity contribution in [1.82, 2.24) is 30.7 Å². The Morgan fingerprint density at radius 3 is 1.78 bits per heavy atom. The fourth-order valence-electron chi connectivity index (χ4n) is 9.36. The molecule has 2 aliphatic heterocycles. The lowest BCUT2D eigenvalue weighted by Crippen LogP contribution is -2.62. The summed E-state index contributed by atoms with van der Waals surface area (Å²) >= 11 is 0. The van der Waals surface area contributed by atoms with E-state index in [0.29, 0.717) is 78.7 Å². The Labute approximate surface area is 466 Å². The van der Waals surface area contributed by atoms with Gasteiger partial charge in [0.25, 0.3) is 11.8 Å². The van der Waals surface area contributed by atoms with E-state index < -0.39 is 77.4 Å². The zero-order chi connectivity index (χ0) is 58.5. The van der Waals surface area contributed by atoms with Gasteiger partial charge in [-0.25, -0.2) is 4.79 Å². The minimum atomic E-state index is -1.40. The van der Waals surface area contributed by atoms with Crippen LogP contribution in [0.2, 0.25) is 0 Å². The quantitative estimate of drug-likeness (QED) is 0.0540. The highest BCUT2D eigenvalue weighted by molar-refractivity contribution is 6.12. The number of carbonyl (C=O) groups excluding carboxylic acids is 7. The summed E-state index contributed by atoms with van der Waals surface area (Å²) < 4.78 is 44.8. The van der Waals surface area contributed by atoms with Crippen LogP contribution in [0.3, 0.4) is 0 Å². The van der Waals surface area contributed by atoms with E-state index in [0.717, 1.165) is 10.5 Å². The number of nitrogens with zero attached hydrogens (tertiary/aromatic N) is 3. The van der Waals surface area contributed by atoms with Crippen LogP contribution < -0.4 is 16.0 Å². The van der Waals surface area contributed by atoms with Gasteiger partial charge in [0.1, 0.15) is 17.6 Å². The molecule has 1 saturated heterocycles. The molecule has 0 spiro atoms. The summed E-state index contributed by atoms with van der Waals surface area (Å²) in [6, 6.07) is 5.78. The molecule has 2 aliphatic rings. The first-order chi connectivity index (χ1) is 37.7. The van der Waals surface area contributed by atoms with Crippen LogP contribution in [0.15, 0.2) is 42.5 Å². The molecule has 0 saturated carbocycles. The Morgan fingerprint density at radius 1 is 0.759 bits per heavy atom. The predicted octanol–water partition coefficient (Wildman–Crippen LogP) is 2.17. The molecular weight excluding hydrogens is 1030 g/mol. The fourth-order valence-corrected chi connectivity index (χ4v) is 9.36. The van der Waals surface area contributed by atoms with E-state index >= 15 is 0 Å². The number of methoxy groups -OCH3 is 2. The number of nitrogens with one attached hydrogen (secondary N) is 3. The largest absolute Gasteiger partial charge is 0.480 e. The van der Waals surface area contributed by atoms with Crippen molar-refractivity contribution in [1.29, 1.82) is 0 Å². The number of likely N-dealkylation sites (tertiary alicyclic amines) is 1. The van der Waals surface area contributed by atoms with E-state index in [2.05, 4.69) is 16.0 Å². The van der Waals surface area contributed by atoms with Crippen molar-refractivity contribution >= 4 is 47.3 Å².